The SMILES string of the molecule is CC(C)(C)c1nc2cc(S(=O)(=O)CCCC(F)(F)F)ccc2n1CC1CCN(C(=O)C(F)(F)F)CC1.Cl. The fourth-order valence-electron chi connectivity index (χ4n) is 4.40. The number of hydrogen-bond donors (Lipinski definition) is 0. The highest BCUT2D eigenvalue weighted by Gasteiger charge is 2.43. The number of carbonyl (C=O) groups is 1. The van der Waals surface area contributed by atoms with E-state index in [9.17, 15) is 39.6 Å². The molecular weight excluding hydrogens is 548 g/mol. The van der Waals surface area contributed by atoms with Crippen molar-refractivity contribution < 1.29 is 39.6 Å². The summed E-state index contributed by atoms with van der Waals surface area (Å²) < 4.78 is 103. The molecule has 0 bridgehead atoms. The van der Waals surface area contributed by atoms with Crippen LogP contribution in [0.1, 0.15) is 52.3 Å². The molecule has 2 aromatic rings. The molecule has 2 heterocycles. The molecule has 210 valence electrons. The Bertz CT molecular complexity index is 1210. The number of likely N-dealkylation sites (tertiary alicyclic amines) is 1. The Hall–Kier alpha value is -2.02. The van der Waals surface area contributed by atoms with Gasteiger partial charge in [-0.15, -0.1) is 12.4 Å². The summed E-state index contributed by atoms with van der Waals surface area (Å²) in [6.45, 7) is 6.16. The van der Waals surface area contributed by atoms with E-state index in [1.54, 1.807) is 6.07 Å². The van der Waals surface area contributed by atoms with E-state index in [0.717, 1.165) is 4.90 Å². The number of aromatic nitrogens is 2. The number of halogens is 7. The van der Waals surface area contributed by atoms with Gasteiger partial charge >= 0.3 is 18.3 Å². The zero-order valence-corrected chi connectivity index (χ0v) is 22.2. The van der Waals surface area contributed by atoms with Gasteiger partial charge in [0.25, 0.3) is 0 Å². The number of piperidine rings is 1. The van der Waals surface area contributed by atoms with Crippen LogP contribution in [0.2, 0.25) is 0 Å². The molecule has 0 N–H and O–H groups in total. The summed E-state index contributed by atoms with van der Waals surface area (Å²) in [5.74, 6) is -1.85. The van der Waals surface area contributed by atoms with Crippen LogP contribution in [0.25, 0.3) is 11.0 Å². The molecule has 3 rings (SSSR count). The van der Waals surface area contributed by atoms with Crippen LogP contribution in [0.4, 0.5) is 26.3 Å². The predicted octanol–water partition coefficient (Wildman–Crippen LogP) is 5.67. The first-order chi connectivity index (χ1) is 16.4. The third-order valence-corrected chi connectivity index (χ3v) is 8.01. The standard InChI is InChI=1S/C23H29F6N3O3S.ClH/c1-21(2,3)19-30-17-13-16(36(34,35)12-4-9-22(24,25)26)5-6-18(17)32(19)14-15-7-10-31(11-8-15)20(33)23(27,28)29;/h5-6,13,15H,4,7-12,14H2,1-3H3;1H. The highest BCUT2D eigenvalue weighted by atomic mass is 35.5. The number of sulfone groups is 1. The number of benzene rings is 1. The highest BCUT2D eigenvalue weighted by molar-refractivity contribution is 7.91. The third-order valence-electron chi connectivity index (χ3n) is 6.21. The van der Waals surface area contributed by atoms with E-state index < -0.39 is 52.1 Å². The van der Waals surface area contributed by atoms with Crippen molar-refractivity contribution in [2.24, 2.45) is 5.92 Å². The van der Waals surface area contributed by atoms with E-state index in [0.29, 0.717) is 36.2 Å². The molecule has 1 aromatic carbocycles. The lowest BCUT2D eigenvalue weighted by Gasteiger charge is -2.33. The number of amides is 1. The number of hydrogen-bond acceptors (Lipinski definition) is 4. The maximum Gasteiger partial charge on any atom is 0.471 e. The van der Waals surface area contributed by atoms with Crippen molar-refractivity contribution in [1.29, 1.82) is 0 Å². The number of rotatable bonds is 6. The molecule has 0 saturated carbocycles. The van der Waals surface area contributed by atoms with Gasteiger partial charge in [-0.3, -0.25) is 4.79 Å². The Kier molecular flexibility index (Phi) is 9.27. The summed E-state index contributed by atoms with van der Waals surface area (Å²) >= 11 is 0. The second-order valence-electron chi connectivity index (χ2n) is 10.2. The Labute approximate surface area is 217 Å². The first-order valence-corrected chi connectivity index (χ1v) is 13.2. The monoisotopic (exact) mass is 577 g/mol. The first kappa shape index (κ1) is 31.2. The normalized spacial score (nSPS) is 16.2. The van der Waals surface area contributed by atoms with Crippen LogP contribution in [0.15, 0.2) is 23.1 Å². The number of fused-ring (bicyclic) bond motifs is 1. The first-order valence-electron chi connectivity index (χ1n) is 11.5. The average molecular weight is 578 g/mol. The number of alkyl halides is 6. The quantitative estimate of drug-likeness (QED) is 0.415. The topological polar surface area (TPSA) is 72.3 Å². The van der Waals surface area contributed by atoms with Crippen LogP contribution in [-0.4, -0.2) is 60.0 Å². The zero-order chi connectivity index (χ0) is 27.1. The van der Waals surface area contributed by atoms with Gasteiger partial charge in [0.05, 0.1) is 21.7 Å². The number of imidazole rings is 1. The van der Waals surface area contributed by atoms with E-state index >= 15 is 0 Å². The van der Waals surface area contributed by atoms with E-state index in [4.69, 9.17) is 0 Å². The molecular formula is C23H30ClF6N3O3S. The third kappa shape index (κ3) is 7.75. The summed E-state index contributed by atoms with van der Waals surface area (Å²) in [6.07, 6.45) is -10.3. The van der Waals surface area contributed by atoms with E-state index in [1.165, 1.54) is 12.1 Å². The molecule has 1 amide bonds. The molecule has 0 aliphatic carbocycles. The molecule has 6 nitrogen and oxygen atoms in total. The summed E-state index contributed by atoms with van der Waals surface area (Å²) in [7, 11) is -3.95. The van der Waals surface area contributed by atoms with E-state index in [2.05, 4.69) is 4.98 Å². The van der Waals surface area contributed by atoms with Gasteiger partial charge in [0.15, 0.2) is 9.84 Å². The summed E-state index contributed by atoms with van der Waals surface area (Å²) in [4.78, 5) is 16.8. The van der Waals surface area contributed by atoms with Crippen LogP contribution < -0.4 is 0 Å². The second kappa shape index (κ2) is 11.0. The number of carbonyl (C=O) groups excluding carboxylic acids is 1. The largest absolute Gasteiger partial charge is 0.471 e. The van der Waals surface area contributed by atoms with Gasteiger partial charge in [-0.05, 0) is 43.4 Å². The average Bonchev–Trinajstić information content (AvgIpc) is 3.10. The maximum atomic E-state index is 12.7. The summed E-state index contributed by atoms with van der Waals surface area (Å²) in [5.41, 5.74) is 0.557. The van der Waals surface area contributed by atoms with Gasteiger partial charge in [0.2, 0.25) is 0 Å². The molecule has 0 unspecified atom stereocenters. The van der Waals surface area contributed by atoms with Gasteiger partial charge in [-0.2, -0.15) is 26.3 Å². The van der Waals surface area contributed by atoms with Crippen LogP contribution in [-0.2, 0) is 26.6 Å². The molecule has 0 radical (unpaired) electrons. The lowest BCUT2D eigenvalue weighted by atomic mass is 9.93. The summed E-state index contributed by atoms with van der Waals surface area (Å²) in [6, 6.07) is 4.27. The minimum absolute atomic E-state index is 0. The molecule has 14 heteroatoms. The lowest BCUT2D eigenvalue weighted by molar-refractivity contribution is -0.186. The van der Waals surface area contributed by atoms with Crippen molar-refractivity contribution in [1.82, 2.24) is 14.5 Å². The van der Waals surface area contributed by atoms with Gasteiger partial charge in [0, 0.05) is 31.5 Å². The van der Waals surface area contributed by atoms with E-state index in [1.807, 2.05) is 25.3 Å². The predicted molar refractivity (Wildman–Crippen MR) is 128 cm³/mol. The van der Waals surface area contributed by atoms with Gasteiger partial charge in [0.1, 0.15) is 5.82 Å². The molecule has 1 aliphatic rings. The van der Waals surface area contributed by atoms with Crippen molar-refractivity contribution in [3.05, 3.63) is 24.0 Å². The zero-order valence-electron chi connectivity index (χ0n) is 20.6. The van der Waals surface area contributed by atoms with Gasteiger partial charge < -0.3 is 9.47 Å². The smallest absolute Gasteiger partial charge is 0.335 e. The second-order valence-corrected chi connectivity index (χ2v) is 12.3. The Morgan fingerprint density at radius 3 is 2.16 bits per heavy atom. The molecule has 1 fully saturated rings. The Morgan fingerprint density at radius 1 is 1.05 bits per heavy atom. The Morgan fingerprint density at radius 2 is 1.65 bits per heavy atom. The fraction of sp³-hybridized carbons (Fsp3) is 0.652. The molecule has 1 aliphatic heterocycles. The minimum Gasteiger partial charge on any atom is -0.335 e. The van der Waals surface area contributed by atoms with Crippen LogP contribution in [0.5, 0.6) is 0 Å². The van der Waals surface area contributed by atoms with Gasteiger partial charge in [-0.1, -0.05) is 20.8 Å². The fourth-order valence-corrected chi connectivity index (χ4v) is 5.72. The molecule has 0 atom stereocenters. The minimum atomic E-state index is -4.91. The molecule has 37 heavy (non-hydrogen) atoms. The number of nitrogens with zero attached hydrogens (tertiary/aromatic N) is 3. The van der Waals surface area contributed by atoms with Crippen LogP contribution in [0.3, 0.4) is 0 Å². The van der Waals surface area contributed by atoms with Crippen molar-refractivity contribution >= 4 is 39.2 Å². The Balaban J connectivity index is 0.00000481. The van der Waals surface area contributed by atoms with Crippen molar-refractivity contribution in [3.8, 4) is 0 Å². The molecule has 1 saturated heterocycles. The van der Waals surface area contributed by atoms with E-state index in [-0.39, 0.29) is 36.3 Å². The lowest BCUT2D eigenvalue weighted by Crippen LogP contribution is -2.45. The van der Waals surface area contributed by atoms with Crippen molar-refractivity contribution in [2.75, 3.05) is 18.8 Å². The van der Waals surface area contributed by atoms with Crippen LogP contribution in [0, 0.1) is 5.92 Å². The maximum absolute atomic E-state index is 12.7. The van der Waals surface area contributed by atoms with Crippen molar-refractivity contribution in [2.45, 2.75) is 75.7 Å². The van der Waals surface area contributed by atoms with Crippen molar-refractivity contribution in [3.63, 3.8) is 0 Å². The summed E-state index contributed by atoms with van der Waals surface area (Å²) in [5, 5.41) is 0. The molecule has 1 aromatic heterocycles. The molecule has 0 spiro atoms. The highest BCUT2D eigenvalue weighted by Crippen LogP contribution is 2.32. The van der Waals surface area contributed by atoms with Gasteiger partial charge in [-0.25, -0.2) is 13.4 Å². The van der Waals surface area contributed by atoms with Crippen LogP contribution >= 0.6 is 12.4 Å².